The second-order valence-electron chi connectivity index (χ2n) is 11.9. The zero-order valence-corrected chi connectivity index (χ0v) is 27.0. The Bertz CT molecular complexity index is 1990. The average Bonchev–Trinajstić information content (AvgIpc) is 3.22. The molecular weight excluding hydrogens is 628 g/mol. The Morgan fingerprint density at radius 3 is 1.96 bits per heavy atom. The molecule has 0 N–H and O–H groups in total. The number of hydrogen-bond donors (Lipinski definition) is 0. The van der Waals surface area contributed by atoms with Crippen molar-refractivity contribution < 1.29 is 14.4 Å². The predicted molar refractivity (Wildman–Crippen MR) is 184 cm³/mol. The number of ether oxygens (including phenoxy) is 2. The minimum absolute atomic E-state index is 0.0609. The van der Waals surface area contributed by atoms with Crippen molar-refractivity contribution in [1.82, 2.24) is 0 Å². The van der Waals surface area contributed by atoms with Crippen molar-refractivity contribution in [2.75, 3.05) is 19.1 Å². The number of fused-ring (bicyclic) bond motifs is 2. The molecule has 45 heavy (non-hydrogen) atoms. The van der Waals surface area contributed by atoms with Crippen LogP contribution < -0.4 is 14.4 Å². The van der Waals surface area contributed by atoms with E-state index < -0.39 is 11.1 Å². The van der Waals surface area contributed by atoms with Gasteiger partial charge in [-0.25, -0.2) is 0 Å². The maximum Gasteiger partial charge on any atom is 0.294 e. The van der Waals surface area contributed by atoms with Crippen molar-refractivity contribution in [3.8, 4) is 44.9 Å². The summed E-state index contributed by atoms with van der Waals surface area (Å²) in [7, 11) is 3.60. The summed E-state index contributed by atoms with van der Waals surface area (Å²) in [5.74, 6) is 0.760. The monoisotopic (exact) mass is 658 g/mol. The standard InChI is InChI=1S/C38H31BrN2O4/c1-37(2)33-29(25-16-10-6-11-17-25)22-28(24-14-8-5-9-15-24)32(26-18-12-7-13-19-26)35(33)40(3)38(37)21-20-27-34(41(42)43)30(39)23-31(44-4)36(27)45-38/h5-23H,1-4H3. The number of methoxy groups -OCH3 is 1. The van der Waals surface area contributed by atoms with Crippen LogP contribution in [-0.2, 0) is 5.41 Å². The van der Waals surface area contributed by atoms with Gasteiger partial charge < -0.3 is 14.4 Å². The summed E-state index contributed by atoms with van der Waals surface area (Å²) in [6.07, 6.45) is 3.79. The fourth-order valence-corrected chi connectivity index (χ4v) is 7.67. The highest BCUT2D eigenvalue weighted by atomic mass is 79.9. The van der Waals surface area contributed by atoms with E-state index in [1.54, 1.807) is 13.2 Å². The van der Waals surface area contributed by atoms with Gasteiger partial charge in [0.25, 0.3) is 5.69 Å². The molecule has 1 unspecified atom stereocenters. The summed E-state index contributed by atoms with van der Waals surface area (Å²) in [4.78, 5) is 14.0. The fourth-order valence-electron chi connectivity index (χ4n) is 7.11. The molecule has 5 aromatic rings. The Morgan fingerprint density at radius 2 is 1.40 bits per heavy atom. The number of anilines is 1. The second-order valence-corrected chi connectivity index (χ2v) is 12.7. The Labute approximate surface area is 270 Å². The van der Waals surface area contributed by atoms with E-state index >= 15 is 0 Å². The van der Waals surface area contributed by atoms with Crippen LogP contribution >= 0.6 is 15.9 Å². The number of hydrogen-bond acceptors (Lipinski definition) is 5. The van der Waals surface area contributed by atoms with Crippen LogP contribution in [0, 0.1) is 10.1 Å². The van der Waals surface area contributed by atoms with E-state index in [-0.39, 0.29) is 10.6 Å². The van der Waals surface area contributed by atoms with Crippen LogP contribution in [0.5, 0.6) is 11.5 Å². The van der Waals surface area contributed by atoms with Crippen LogP contribution in [0.1, 0.15) is 25.0 Å². The first-order valence-corrected chi connectivity index (χ1v) is 15.5. The van der Waals surface area contributed by atoms with Gasteiger partial charge in [-0.2, -0.15) is 0 Å². The van der Waals surface area contributed by atoms with Crippen LogP contribution in [0.3, 0.4) is 0 Å². The van der Waals surface area contributed by atoms with Crippen LogP contribution in [0.2, 0.25) is 0 Å². The molecule has 1 atom stereocenters. The summed E-state index contributed by atoms with van der Waals surface area (Å²) in [5, 5.41) is 12.2. The maximum atomic E-state index is 12.2. The van der Waals surface area contributed by atoms with E-state index in [9.17, 15) is 10.1 Å². The molecule has 0 fully saturated rings. The van der Waals surface area contributed by atoms with E-state index in [4.69, 9.17) is 9.47 Å². The molecule has 0 aromatic heterocycles. The molecule has 224 valence electrons. The van der Waals surface area contributed by atoms with Crippen LogP contribution in [0.4, 0.5) is 11.4 Å². The van der Waals surface area contributed by atoms with Gasteiger partial charge in [0.05, 0.1) is 33.2 Å². The molecule has 1 spiro atoms. The van der Waals surface area contributed by atoms with Crippen LogP contribution in [-0.4, -0.2) is 24.8 Å². The molecule has 6 nitrogen and oxygen atoms in total. The van der Waals surface area contributed by atoms with Gasteiger partial charge in [-0.15, -0.1) is 0 Å². The highest BCUT2D eigenvalue weighted by molar-refractivity contribution is 9.10. The minimum Gasteiger partial charge on any atom is -0.493 e. The van der Waals surface area contributed by atoms with Gasteiger partial charge >= 0.3 is 0 Å². The normalized spacial score (nSPS) is 17.5. The summed E-state index contributed by atoms with van der Waals surface area (Å²) < 4.78 is 13.2. The van der Waals surface area contributed by atoms with E-state index in [1.165, 1.54) is 0 Å². The lowest BCUT2D eigenvalue weighted by atomic mass is 9.72. The Hall–Kier alpha value is -4.88. The Morgan fingerprint density at radius 1 is 0.844 bits per heavy atom. The van der Waals surface area contributed by atoms with Crippen LogP contribution in [0.15, 0.2) is 114 Å². The summed E-state index contributed by atoms with van der Waals surface area (Å²) >= 11 is 3.38. The third-order valence-electron chi connectivity index (χ3n) is 9.23. The van der Waals surface area contributed by atoms with Crippen molar-refractivity contribution >= 4 is 33.4 Å². The zero-order valence-electron chi connectivity index (χ0n) is 25.4. The molecule has 0 aliphatic carbocycles. The number of benzene rings is 5. The summed E-state index contributed by atoms with van der Waals surface area (Å²) in [6.45, 7) is 4.38. The van der Waals surface area contributed by atoms with Gasteiger partial charge in [0.15, 0.2) is 11.5 Å². The molecule has 2 heterocycles. The largest absolute Gasteiger partial charge is 0.493 e. The number of halogens is 1. The first kappa shape index (κ1) is 28.9. The van der Waals surface area contributed by atoms with E-state index in [0.717, 1.165) is 44.6 Å². The molecule has 7 rings (SSSR count). The van der Waals surface area contributed by atoms with Crippen LogP contribution in [0.25, 0.3) is 39.5 Å². The Balaban J connectivity index is 1.58. The SMILES string of the molecule is COc1cc(Br)c([N+](=O)[O-])c2c1OC1(C=C2)N(C)c2c(-c3ccccc3)c(-c3ccccc3)cc(-c3ccccc3)c2C1(C)C. The first-order chi connectivity index (χ1) is 21.7. The van der Waals surface area contributed by atoms with Gasteiger partial charge in [-0.05, 0) is 81.4 Å². The van der Waals surface area contributed by atoms with Crippen molar-refractivity contribution in [3.05, 3.63) is 135 Å². The third kappa shape index (κ3) is 4.21. The number of nitro groups is 1. The van der Waals surface area contributed by atoms with E-state index in [1.807, 2.05) is 30.4 Å². The molecule has 7 heteroatoms. The first-order valence-electron chi connectivity index (χ1n) is 14.7. The van der Waals surface area contributed by atoms with Crippen molar-refractivity contribution in [2.45, 2.75) is 25.0 Å². The zero-order chi connectivity index (χ0) is 31.5. The lowest BCUT2D eigenvalue weighted by Crippen LogP contribution is -2.58. The van der Waals surface area contributed by atoms with Gasteiger partial charge in [-0.1, -0.05) is 91.0 Å². The third-order valence-corrected chi connectivity index (χ3v) is 9.84. The second kappa shape index (κ2) is 10.6. The smallest absolute Gasteiger partial charge is 0.294 e. The van der Waals surface area contributed by atoms with Gasteiger partial charge in [-0.3, -0.25) is 10.1 Å². The quantitative estimate of drug-likeness (QED) is 0.139. The van der Waals surface area contributed by atoms with E-state index in [0.29, 0.717) is 21.5 Å². The number of nitro benzene ring substituents is 1. The van der Waals surface area contributed by atoms with Crippen molar-refractivity contribution in [1.29, 1.82) is 0 Å². The van der Waals surface area contributed by atoms with Gasteiger partial charge in [0.2, 0.25) is 5.72 Å². The molecular formula is C38H31BrN2O4. The topological polar surface area (TPSA) is 64.8 Å². The molecule has 5 aromatic carbocycles. The van der Waals surface area contributed by atoms with E-state index in [2.05, 4.69) is 121 Å². The molecule has 2 aliphatic rings. The highest BCUT2D eigenvalue weighted by Crippen LogP contribution is 2.62. The minimum atomic E-state index is -1.04. The number of nitrogens with zero attached hydrogens (tertiary/aromatic N) is 2. The molecule has 2 aliphatic heterocycles. The molecule has 0 bridgehead atoms. The summed E-state index contributed by atoms with van der Waals surface area (Å²) in [5.41, 5.74) is 7.41. The molecule has 0 saturated heterocycles. The highest BCUT2D eigenvalue weighted by Gasteiger charge is 2.60. The van der Waals surface area contributed by atoms with Crippen molar-refractivity contribution in [2.24, 2.45) is 0 Å². The molecule has 0 amide bonds. The van der Waals surface area contributed by atoms with Crippen molar-refractivity contribution in [3.63, 3.8) is 0 Å². The lowest BCUT2D eigenvalue weighted by Gasteiger charge is -2.46. The molecule has 0 radical (unpaired) electrons. The molecule has 0 saturated carbocycles. The predicted octanol–water partition coefficient (Wildman–Crippen LogP) is 9.90. The summed E-state index contributed by atoms with van der Waals surface area (Å²) in [6, 6.07) is 35.3. The maximum absolute atomic E-state index is 12.2. The lowest BCUT2D eigenvalue weighted by molar-refractivity contribution is -0.386. The number of rotatable bonds is 5. The van der Waals surface area contributed by atoms with Gasteiger partial charge in [0.1, 0.15) is 0 Å². The average molecular weight is 660 g/mol. The number of likely N-dealkylation sites (N-methyl/N-ethyl adjacent to an activating group) is 1. The fraction of sp³-hybridized carbons (Fsp3) is 0.158. The Kier molecular flexibility index (Phi) is 6.82. The van der Waals surface area contributed by atoms with Gasteiger partial charge in [0, 0.05) is 18.7 Å².